The third-order valence-corrected chi connectivity index (χ3v) is 3.90. The monoisotopic (exact) mass is 179 g/mol. The standard InChI is InChI=1S/C12H21N/c1-8-4-5-12-11(6-8)7-9(2)10(3)13-12/h8-11H,4-7H2,1-3H3. The second kappa shape index (κ2) is 3.43. The van der Waals surface area contributed by atoms with Gasteiger partial charge in [0.15, 0.2) is 0 Å². The summed E-state index contributed by atoms with van der Waals surface area (Å²) in [5.74, 6) is 2.58. The van der Waals surface area contributed by atoms with E-state index >= 15 is 0 Å². The Labute approximate surface area is 81.6 Å². The van der Waals surface area contributed by atoms with E-state index in [2.05, 4.69) is 20.8 Å². The zero-order valence-electron chi connectivity index (χ0n) is 9.09. The predicted octanol–water partition coefficient (Wildman–Crippen LogP) is 3.29. The lowest BCUT2D eigenvalue weighted by Crippen LogP contribution is -2.33. The van der Waals surface area contributed by atoms with Gasteiger partial charge in [0, 0.05) is 11.8 Å². The Morgan fingerprint density at radius 2 is 1.92 bits per heavy atom. The van der Waals surface area contributed by atoms with Gasteiger partial charge in [-0.25, -0.2) is 0 Å². The van der Waals surface area contributed by atoms with Gasteiger partial charge < -0.3 is 0 Å². The summed E-state index contributed by atoms with van der Waals surface area (Å²) in [6.07, 6.45) is 5.44. The van der Waals surface area contributed by atoms with Gasteiger partial charge in [-0.2, -0.15) is 0 Å². The zero-order chi connectivity index (χ0) is 9.42. The van der Waals surface area contributed by atoms with Crippen molar-refractivity contribution in [1.82, 2.24) is 0 Å². The minimum absolute atomic E-state index is 0.583. The second-order valence-electron chi connectivity index (χ2n) is 5.15. The molecule has 1 nitrogen and oxygen atoms in total. The lowest BCUT2D eigenvalue weighted by atomic mass is 9.74. The Morgan fingerprint density at radius 3 is 2.69 bits per heavy atom. The van der Waals surface area contributed by atoms with Crippen molar-refractivity contribution < 1.29 is 0 Å². The minimum atomic E-state index is 0.583. The summed E-state index contributed by atoms with van der Waals surface area (Å²) in [5.41, 5.74) is 1.55. The van der Waals surface area contributed by atoms with E-state index in [0.717, 1.165) is 17.8 Å². The van der Waals surface area contributed by atoms with Crippen LogP contribution in [0.25, 0.3) is 0 Å². The summed E-state index contributed by atoms with van der Waals surface area (Å²) in [6.45, 7) is 7.01. The van der Waals surface area contributed by atoms with Crippen molar-refractivity contribution in [2.45, 2.75) is 52.5 Å². The smallest absolute Gasteiger partial charge is 0.0496 e. The maximum absolute atomic E-state index is 4.84. The number of rotatable bonds is 0. The van der Waals surface area contributed by atoms with Crippen LogP contribution in [0.2, 0.25) is 0 Å². The molecule has 0 N–H and O–H groups in total. The number of hydrogen-bond donors (Lipinski definition) is 0. The molecule has 0 spiro atoms. The van der Waals surface area contributed by atoms with E-state index in [1.165, 1.54) is 25.7 Å². The number of aliphatic imine (C=N–C) groups is 1. The molecule has 2 aliphatic rings. The SMILES string of the molecule is CC1CCC2=NC(C)C(C)CC2C1. The fraction of sp³-hybridized carbons (Fsp3) is 0.917. The average molecular weight is 179 g/mol. The second-order valence-corrected chi connectivity index (χ2v) is 5.15. The Morgan fingerprint density at radius 1 is 1.15 bits per heavy atom. The molecule has 0 saturated heterocycles. The van der Waals surface area contributed by atoms with E-state index in [-0.39, 0.29) is 0 Å². The van der Waals surface area contributed by atoms with Gasteiger partial charge in [0.25, 0.3) is 0 Å². The summed E-state index contributed by atoms with van der Waals surface area (Å²) < 4.78 is 0. The normalized spacial score (nSPS) is 45.3. The fourth-order valence-corrected chi connectivity index (χ4v) is 2.77. The van der Waals surface area contributed by atoms with Crippen LogP contribution in [0.5, 0.6) is 0 Å². The topological polar surface area (TPSA) is 12.4 Å². The highest BCUT2D eigenvalue weighted by molar-refractivity contribution is 5.88. The molecule has 4 unspecified atom stereocenters. The molecule has 1 aliphatic carbocycles. The van der Waals surface area contributed by atoms with Crippen molar-refractivity contribution in [3.8, 4) is 0 Å². The molecule has 74 valence electrons. The van der Waals surface area contributed by atoms with Gasteiger partial charge in [-0.1, -0.05) is 13.8 Å². The predicted molar refractivity (Wildman–Crippen MR) is 57.2 cm³/mol. The molecule has 1 heteroatoms. The summed E-state index contributed by atoms with van der Waals surface area (Å²) in [4.78, 5) is 4.84. The number of nitrogens with zero attached hydrogens (tertiary/aromatic N) is 1. The molecule has 0 aromatic heterocycles. The molecule has 0 aromatic carbocycles. The Balaban J connectivity index is 2.12. The van der Waals surface area contributed by atoms with Crippen LogP contribution in [0.1, 0.15) is 46.5 Å². The van der Waals surface area contributed by atoms with Gasteiger partial charge >= 0.3 is 0 Å². The highest BCUT2D eigenvalue weighted by atomic mass is 14.8. The fourth-order valence-electron chi connectivity index (χ4n) is 2.77. The first-order chi connectivity index (χ1) is 6.16. The van der Waals surface area contributed by atoms with Gasteiger partial charge in [-0.15, -0.1) is 0 Å². The molecule has 0 amide bonds. The molecule has 13 heavy (non-hydrogen) atoms. The third-order valence-electron chi connectivity index (χ3n) is 3.90. The summed E-state index contributed by atoms with van der Waals surface area (Å²) in [7, 11) is 0. The van der Waals surface area contributed by atoms with Crippen molar-refractivity contribution in [1.29, 1.82) is 0 Å². The maximum Gasteiger partial charge on any atom is 0.0496 e. The van der Waals surface area contributed by atoms with Crippen LogP contribution < -0.4 is 0 Å². The summed E-state index contributed by atoms with van der Waals surface area (Å²) >= 11 is 0. The molecule has 0 bridgehead atoms. The van der Waals surface area contributed by atoms with Crippen LogP contribution in [-0.4, -0.2) is 11.8 Å². The van der Waals surface area contributed by atoms with Crippen LogP contribution in [0.15, 0.2) is 4.99 Å². The van der Waals surface area contributed by atoms with E-state index in [1.807, 2.05) is 0 Å². The Bertz CT molecular complexity index is 219. The first-order valence-electron chi connectivity index (χ1n) is 5.73. The van der Waals surface area contributed by atoms with Gasteiger partial charge in [0.05, 0.1) is 0 Å². The van der Waals surface area contributed by atoms with Crippen molar-refractivity contribution in [3.05, 3.63) is 0 Å². The molecule has 0 radical (unpaired) electrons. The lowest BCUT2D eigenvalue weighted by Gasteiger charge is -2.36. The molecule has 4 atom stereocenters. The third kappa shape index (κ3) is 1.79. The molecule has 1 saturated carbocycles. The van der Waals surface area contributed by atoms with Crippen molar-refractivity contribution in [3.63, 3.8) is 0 Å². The zero-order valence-corrected chi connectivity index (χ0v) is 9.09. The summed E-state index contributed by atoms with van der Waals surface area (Å²) in [6, 6.07) is 0.583. The Kier molecular flexibility index (Phi) is 2.44. The number of fused-ring (bicyclic) bond motifs is 1. The van der Waals surface area contributed by atoms with Crippen LogP contribution in [0, 0.1) is 17.8 Å². The quantitative estimate of drug-likeness (QED) is 0.541. The molecule has 1 heterocycles. The lowest BCUT2D eigenvalue weighted by molar-refractivity contribution is 0.307. The molecule has 2 rings (SSSR count). The van der Waals surface area contributed by atoms with Crippen LogP contribution in [-0.2, 0) is 0 Å². The average Bonchev–Trinajstić information content (AvgIpc) is 2.08. The van der Waals surface area contributed by atoms with E-state index in [0.29, 0.717) is 6.04 Å². The molecule has 1 aliphatic heterocycles. The minimum Gasteiger partial charge on any atom is -0.291 e. The van der Waals surface area contributed by atoms with Crippen molar-refractivity contribution in [2.75, 3.05) is 0 Å². The highest BCUT2D eigenvalue weighted by Gasteiger charge is 2.31. The Hall–Kier alpha value is -0.330. The van der Waals surface area contributed by atoms with Gasteiger partial charge in [0.2, 0.25) is 0 Å². The first kappa shape index (κ1) is 9.23. The van der Waals surface area contributed by atoms with Crippen LogP contribution in [0.3, 0.4) is 0 Å². The molecule has 0 aromatic rings. The van der Waals surface area contributed by atoms with E-state index in [4.69, 9.17) is 4.99 Å². The van der Waals surface area contributed by atoms with E-state index in [1.54, 1.807) is 5.71 Å². The van der Waals surface area contributed by atoms with Crippen molar-refractivity contribution >= 4 is 5.71 Å². The van der Waals surface area contributed by atoms with Gasteiger partial charge in [-0.3, -0.25) is 4.99 Å². The highest BCUT2D eigenvalue weighted by Crippen LogP contribution is 2.36. The maximum atomic E-state index is 4.84. The van der Waals surface area contributed by atoms with E-state index < -0.39 is 0 Å². The molecular formula is C12H21N. The largest absolute Gasteiger partial charge is 0.291 e. The van der Waals surface area contributed by atoms with Crippen LogP contribution >= 0.6 is 0 Å². The van der Waals surface area contributed by atoms with Gasteiger partial charge in [-0.05, 0) is 50.4 Å². The van der Waals surface area contributed by atoms with Gasteiger partial charge in [0.1, 0.15) is 0 Å². The molecule has 1 fully saturated rings. The van der Waals surface area contributed by atoms with E-state index in [9.17, 15) is 0 Å². The van der Waals surface area contributed by atoms with Crippen LogP contribution in [0.4, 0.5) is 0 Å². The van der Waals surface area contributed by atoms with Crippen molar-refractivity contribution in [2.24, 2.45) is 22.7 Å². The number of hydrogen-bond acceptors (Lipinski definition) is 1. The summed E-state index contributed by atoms with van der Waals surface area (Å²) in [5, 5.41) is 0. The molecular weight excluding hydrogens is 158 g/mol. The first-order valence-corrected chi connectivity index (χ1v) is 5.73.